The van der Waals surface area contributed by atoms with Crippen LogP contribution < -0.4 is 5.32 Å². The van der Waals surface area contributed by atoms with Crippen LogP contribution in [0.15, 0.2) is 46.9 Å². The molecule has 2 aromatic rings. The fourth-order valence-electron chi connectivity index (χ4n) is 1.77. The molecule has 0 heterocycles. The summed E-state index contributed by atoms with van der Waals surface area (Å²) >= 11 is 9.41. The highest BCUT2D eigenvalue weighted by atomic mass is 79.9. The van der Waals surface area contributed by atoms with Crippen molar-refractivity contribution in [2.24, 2.45) is 0 Å². The van der Waals surface area contributed by atoms with Gasteiger partial charge in [-0.2, -0.15) is 0 Å². The monoisotopic (exact) mass is 354 g/mol. The second-order valence-electron chi connectivity index (χ2n) is 4.23. The van der Waals surface area contributed by atoms with E-state index in [0.29, 0.717) is 13.1 Å². The average Bonchev–Trinajstić information content (AvgIpc) is 2.42. The zero-order valence-electron chi connectivity index (χ0n) is 10.5. The first-order chi connectivity index (χ1) is 9.58. The predicted octanol–water partition coefficient (Wildman–Crippen LogP) is 4.30. The molecule has 2 aromatic carbocycles. The summed E-state index contributed by atoms with van der Waals surface area (Å²) in [7, 11) is 0. The Bertz CT molecular complexity index is 634. The van der Waals surface area contributed by atoms with Gasteiger partial charge in [-0.1, -0.05) is 45.7 Å². The lowest BCUT2D eigenvalue weighted by Crippen LogP contribution is -2.13. The first-order valence-corrected chi connectivity index (χ1v) is 7.12. The molecule has 0 amide bonds. The SMILES string of the molecule is O=[N+]([O-])c1ccc(CNCc2ccccc2Cl)c(Br)c1. The predicted molar refractivity (Wildman–Crippen MR) is 82.8 cm³/mol. The summed E-state index contributed by atoms with van der Waals surface area (Å²) in [5.74, 6) is 0. The Balaban J connectivity index is 1.98. The van der Waals surface area contributed by atoms with E-state index in [2.05, 4.69) is 21.2 Å². The molecule has 0 aliphatic heterocycles. The highest BCUT2D eigenvalue weighted by molar-refractivity contribution is 9.10. The second kappa shape index (κ2) is 6.83. The number of nitro benzene ring substituents is 1. The fourth-order valence-corrected chi connectivity index (χ4v) is 2.48. The first-order valence-electron chi connectivity index (χ1n) is 5.95. The molecule has 0 aliphatic rings. The Hall–Kier alpha value is -1.43. The van der Waals surface area contributed by atoms with E-state index in [1.165, 1.54) is 12.1 Å². The van der Waals surface area contributed by atoms with E-state index in [1.54, 1.807) is 6.07 Å². The van der Waals surface area contributed by atoms with Crippen LogP contribution >= 0.6 is 27.5 Å². The van der Waals surface area contributed by atoms with Crippen LogP contribution in [0.3, 0.4) is 0 Å². The minimum Gasteiger partial charge on any atom is -0.309 e. The lowest BCUT2D eigenvalue weighted by atomic mass is 10.2. The molecular weight excluding hydrogens is 344 g/mol. The number of nitrogens with one attached hydrogen (secondary N) is 1. The summed E-state index contributed by atoms with van der Waals surface area (Å²) < 4.78 is 0.721. The standard InChI is InChI=1S/C14H12BrClN2O2/c15-13-7-12(18(19)20)6-5-10(13)8-17-9-11-3-1-2-4-14(11)16/h1-7,17H,8-9H2. The van der Waals surface area contributed by atoms with Gasteiger partial charge in [0.05, 0.1) is 4.92 Å². The lowest BCUT2D eigenvalue weighted by molar-refractivity contribution is -0.384. The normalized spacial score (nSPS) is 10.5. The molecule has 2 rings (SSSR count). The molecular formula is C14H12BrClN2O2. The van der Waals surface area contributed by atoms with Crippen molar-refractivity contribution in [2.75, 3.05) is 0 Å². The zero-order chi connectivity index (χ0) is 14.5. The highest BCUT2D eigenvalue weighted by Crippen LogP contribution is 2.23. The maximum absolute atomic E-state index is 10.7. The maximum Gasteiger partial charge on any atom is 0.270 e. The number of nitro groups is 1. The molecule has 0 saturated heterocycles. The summed E-state index contributed by atoms with van der Waals surface area (Å²) in [6.07, 6.45) is 0. The van der Waals surface area contributed by atoms with Gasteiger partial charge in [0.1, 0.15) is 0 Å². The third-order valence-electron chi connectivity index (χ3n) is 2.84. The summed E-state index contributed by atoms with van der Waals surface area (Å²) in [6, 6.07) is 12.4. The molecule has 1 N–H and O–H groups in total. The zero-order valence-corrected chi connectivity index (χ0v) is 12.8. The number of hydrogen-bond donors (Lipinski definition) is 1. The van der Waals surface area contributed by atoms with Gasteiger partial charge in [-0.05, 0) is 23.3 Å². The van der Waals surface area contributed by atoms with E-state index in [1.807, 2.05) is 24.3 Å². The molecule has 0 atom stereocenters. The topological polar surface area (TPSA) is 55.2 Å². The van der Waals surface area contributed by atoms with Gasteiger partial charge in [-0.3, -0.25) is 10.1 Å². The highest BCUT2D eigenvalue weighted by Gasteiger charge is 2.08. The number of halogens is 2. The van der Waals surface area contributed by atoms with Crippen molar-refractivity contribution in [1.82, 2.24) is 5.32 Å². The maximum atomic E-state index is 10.7. The average molecular weight is 356 g/mol. The smallest absolute Gasteiger partial charge is 0.270 e. The molecule has 0 spiro atoms. The fraction of sp³-hybridized carbons (Fsp3) is 0.143. The van der Waals surface area contributed by atoms with Gasteiger partial charge in [0, 0.05) is 34.7 Å². The molecule has 4 nitrogen and oxygen atoms in total. The summed E-state index contributed by atoms with van der Waals surface area (Å²) in [4.78, 5) is 10.2. The summed E-state index contributed by atoms with van der Waals surface area (Å²) in [6.45, 7) is 1.24. The number of rotatable bonds is 5. The first kappa shape index (κ1) is 15.0. The molecule has 20 heavy (non-hydrogen) atoms. The van der Waals surface area contributed by atoms with Gasteiger partial charge in [-0.15, -0.1) is 0 Å². The molecule has 0 bridgehead atoms. The van der Waals surface area contributed by atoms with E-state index >= 15 is 0 Å². The Morgan fingerprint density at radius 3 is 2.50 bits per heavy atom. The number of benzene rings is 2. The Kier molecular flexibility index (Phi) is 5.11. The molecule has 6 heteroatoms. The van der Waals surface area contributed by atoms with Crippen LogP contribution in [0.1, 0.15) is 11.1 Å². The van der Waals surface area contributed by atoms with Crippen molar-refractivity contribution in [2.45, 2.75) is 13.1 Å². The lowest BCUT2D eigenvalue weighted by Gasteiger charge is -2.08. The second-order valence-corrected chi connectivity index (χ2v) is 5.49. The third kappa shape index (κ3) is 3.79. The van der Waals surface area contributed by atoms with E-state index < -0.39 is 4.92 Å². The van der Waals surface area contributed by atoms with Crippen molar-refractivity contribution >= 4 is 33.2 Å². The van der Waals surface area contributed by atoms with Crippen LogP contribution in [0.25, 0.3) is 0 Å². The minimum absolute atomic E-state index is 0.0757. The Morgan fingerprint density at radius 2 is 1.85 bits per heavy atom. The molecule has 0 saturated carbocycles. The van der Waals surface area contributed by atoms with Crippen LogP contribution in [-0.4, -0.2) is 4.92 Å². The largest absolute Gasteiger partial charge is 0.309 e. The number of nitrogens with zero attached hydrogens (tertiary/aromatic N) is 1. The van der Waals surface area contributed by atoms with Crippen LogP contribution in [0.4, 0.5) is 5.69 Å². The summed E-state index contributed by atoms with van der Waals surface area (Å²) in [5.41, 5.74) is 2.06. The molecule has 104 valence electrons. The van der Waals surface area contributed by atoms with E-state index in [0.717, 1.165) is 20.6 Å². The van der Waals surface area contributed by atoms with E-state index in [-0.39, 0.29) is 5.69 Å². The summed E-state index contributed by atoms with van der Waals surface area (Å²) in [5, 5.41) is 14.6. The van der Waals surface area contributed by atoms with Crippen LogP contribution in [0.5, 0.6) is 0 Å². The molecule has 0 aliphatic carbocycles. The van der Waals surface area contributed by atoms with Crippen LogP contribution in [-0.2, 0) is 13.1 Å². The van der Waals surface area contributed by atoms with Crippen LogP contribution in [0, 0.1) is 10.1 Å². The van der Waals surface area contributed by atoms with Crippen molar-refractivity contribution in [3.05, 3.63) is 73.2 Å². The van der Waals surface area contributed by atoms with E-state index in [4.69, 9.17) is 11.6 Å². The molecule has 0 fully saturated rings. The van der Waals surface area contributed by atoms with Gasteiger partial charge in [0.15, 0.2) is 0 Å². The Labute approximate surface area is 130 Å². The van der Waals surface area contributed by atoms with E-state index in [9.17, 15) is 10.1 Å². The molecule has 0 unspecified atom stereocenters. The van der Waals surface area contributed by atoms with Gasteiger partial charge in [0.2, 0.25) is 0 Å². The quantitative estimate of drug-likeness (QED) is 0.642. The van der Waals surface area contributed by atoms with Crippen molar-refractivity contribution < 1.29 is 4.92 Å². The number of non-ortho nitro benzene ring substituents is 1. The minimum atomic E-state index is -0.411. The van der Waals surface area contributed by atoms with Crippen molar-refractivity contribution in [3.63, 3.8) is 0 Å². The number of hydrogen-bond acceptors (Lipinski definition) is 3. The Morgan fingerprint density at radius 1 is 1.15 bits per heavy atom. The van der Waals surface area contributed by atoms with Crippen molar-refractivity contribution in [3.8, 4) is 0 Å². The van der Waals surface area contributed by atoms with Gasteiger partial charge >= 0.3 is 0 Å². The van der Waals surface area contributed by atoms with Crippen molar-refractivity contribution in [1.29, 1.82) is 0 Å². The van der Waals surface area contributed by atoms with Crippen LogP contribution in [0.2, 0.25) is 5.02 Å². The molecule has 0 radical (unpaired) electrons. The molecule has 0 aromatic heterocycles. The van der Waals surface area contributed by atoms with Gasteiger partial charge in [0.25, 0.3) is 5.69 Å². The van der Waals surface area contributed by atoms with Gasteiger partial charge in [-0.25, -0.2) is 0 Å². The third-order valence-corrected chi connectivity index (χ3v) is 3.94. The van der Waals surface area contributed by atoms with Gasteiger partial charge < -0.3 is 5.32 Å².